The molecule has 0 aromatic carbocycles. The number of aromatic amines is 2. The van der Waals surface area contributed by atoms with Gasteiger partial charge in [-0.25, -0.2) is 0 Å². The largest absolute Gasteiger partial charge is 0.512 e. The first-order chi connectivity index (χ1) is 29.6. The zero-order valence-electron chi connectivity index (χ0n) is 39.3. The van der Waals surface area contributed by atoms with Crippen molar-refractivity contribution in [3.8, 4) is 0 Å². The molecule has 0 fully saturated rings. The number of nitrogens with one attached hydrogen (secondary N) is 2. The lowest BCUT2D eigenvalue weighted by Crippen LogP contribution is -2.18. The van der Waals surface area contributed by atoms with Crippen molar-refractivity contribution in [1.29, 1.82) is 0 Å². The number of allylic oxidation sites excluding steroid dienone is 1. The van der Waals surface area contributed by atoms with E-state index < -0.39 is 11.9 Å². The Kier molecular flexibility index (Phi) is 15.1. The average molecular weight is 849 g/mol. The summed E-state index contributed by atoms with van der Waals surface area (Å²) < 4.78 is 11.1. The molecule has 0 radical (unpaired) electrons. The standard InChI is InChI=1S/C52H72N4O6/c1-12-16-28(3)17-14-18-29(4)19-15-20-30(5)23-24-62-44(58)22-21-37-32(7)39-25-40-33(8)45(35(10)57)43(54-40)27-38-31(6)36(13-2)42(53-38)26-41-34(9)46-50(56-41)47(49(37)55-39)48(51(46)59)52(60)61-11/h23,25-29,31-32,36-37,48,54,56-57,59H,12-22,24H2,1-11H3/b30-23+,39-25?,42-26?,43-27?,45-35-/t28-,29-,31-,32+,36-,37+,48-/m1/s1. The Morgan fingerprint density at radius 3 is 2.15 bits per heavy atom. The summed E-state index contributed by atoms with van der Waals surface area (Å²) >= 11 is 0. The molecule has 336 valence electrons. The fraction of sp³-hybridized carbons (Fsp3) is 0.577. The van der Waals surface area contributed by atoms with Gasteiger partial charge in [0.15, 0.2) is 0 Å². The van der Waals surface area contributed by atoms with Crippen molar-refractivity contribution in [2.45, 2.75) is 169 Å². The number of nitrogens with zero attached hydrogens (tertiary/aromatic N) is 2. The van der Waals surface area contributed by atoms with E-state index in [1.165, 1.54) is 51.2 Å². The van der Waals surface area contributed by atoms with Crippen LogP contribution in [0.3, 0.4) is 0 Å². The first kappa shape index (κ1) is 46.6. The van der Waals surface area contributed by atoms with Gasteiger partial charge in [-0.05, 0) is 101 Å². The van der Waals surface area contributed by atoms with E-state index in [2.05, 4.69) is 64.5 Å². The van der Waals surface area contributed by atoms with Crippen molar-refractivity contribution < 1.29 is 29.3 Å². The second-order valence-corrected chi connectivity index (χ2v) is 18.8. The summed E-state index contributed by atoms with van der Waals surface area (Å²) in [7, 11) is 1.33. The van der Waals surface area contributed by atoms with Gasteiger partial charge in [-0.1, -0.05) is 85.6 Å². The van der Waals surface area contributed by atoms with Crippen LogP contribution in [0.15, 0.2) is 29.8 Å². The summed E-state index contributed by atoms with van der Waals surface area (Å²) in [6, 6.07) is 6.12. The van der Waals surface area contributed by atoms with Crippen LogP contribution < -0.4 is 10.4 Å². The molecule has 10 nitrogen and oxygen atoms in total. The first-order valence-electron chi connectivity index (χ1n) is 23.4. The summed E-state index contributed by atoms with van der Waals surface area (Å²) in [6.07, 6.45) is 13.3. The molecule has 3 aromatic rings. The van der Waals surface area contributed by atoms with E-state index in [4.69, 9.17) is 19.4 Å². The molecule has 3 aliphatic rings. The molecule has 0 spiro atoms. The van der Waals surface area contributed by atoms with E-state index in [0.717, 1.165) is 81.1 Å². The maximum absolute atomic E-state index is 13.6. The third-order valence-corrected chi connectivity index (χ3v) is 14.2. The first-order valence-corrected chi connectivity index (χ1v) is 23.4. The van der Waals surface area contributed by atoms with Crippen LogP contribution in [0.4, 0.5) is 0 Å². The Hall–Kier alpha value is -4.86. The fourth-order valence-corrected chi connectivity index (χ4v) is 10.4. The smallest absolute Gasteiger partial charge is 0.321 e. The van der Waals surface area contributed by atoms with Crippen LogP contribution in [0.5, 0.6) is 0 Å². The van der Waals surface area contributed by atoms with Gasteiger partial charge in [0.1, 0.15) is 18.3 Å². The van der Waals surface area contributed by atoms with E-state index in [9.17, 15) is 19.8 Å². The number of H-pyrrole nitrogens is 2. The molecule has 0 amide bonds. The highest BCUT2D eigenvalue weighted by atomic mass is 16.5. The molecule has 0 saturated heterocycles. The van der Waals surface area contributed by atoms with Crippen LogP contribution in [0, 0.1) is 25.7 Å². The quantitative estimate of drug-likeness (QED) is 0.0774. The summed E-state index contributed by atoms with van der Waals surface area (Å²) in [5.41, 5.74) is 9.71. The van der Waals surface area contributed by atoms with Crippen LogP contribution in [0.25, 0.3) is 33.6 Å². The average Bonchev–Trinajstić information content (AvgIpc) is 3.97. The summed E-state index contributed by atoms with van der Waals surface area (Å²) in [6.45, 7) is 21.4. The van der Waals surface area contributed by atoms with E-state index in [-0.39, 0.29) is 54.2 Å². The minimum Gasteiger partial charge on any atom is -0.512 e. The van der Waals surface area contributed by atoms with Crippen LogP contribution in [-0.2, 0) is 19.1 Å². The molecule has 8 bridgehead atoms. The summed E-state index contributed by atoms with van der Waals surface area (Å²) in [5, 5.41) is 24.2. The highest BCUT2D eigenvalue weighted by molar-refractivity contribution is 5.96. The van der Waals surface area contributed by atoms with Crippen LogP contribution >= 0.6 is 0 Å². The van der Waals surface area contributed by atoms with Crippen molar-refractivity contribution in [2.75, 3.05) is 13.7 Å². The van der Waals surface area contributed by atoms with Gasteiger partial charge in [-0.15, -0.1) is 0 Å². The molecular formula is C52H72N4O6. The number of carbonyl (C=O) groups is 2. The summed E-state index contributed by atoms with van der Waals surface area (Å²) in [4.78, 5) is 44.7. The predicted octanol–water partition coefficient (Wildman–Crippen LogP) is 11.4. The Morgan fingerprint density at radius 2 is 1.47 bits per heavy atom. The molecule has 3 aromatic heterocycles. The van der Waals surface area contributed by atoms with Crippen molar-refractivity contribution in [3.63, 3.8) is 0 Å². The van der Waals surface area contributed by atoms with Crippen molar-refractivity contribution in [3.05, 3.63) is 79.8 Å². The van der Waals surface area contributed by atoms with Crippen LogP contribution in [0.2, 0.25) is 0 Å². The zero-order chi connectivity index (χ0) is 45.0. The van der Waals surface area contributed by atoms with Crippen LogP contribution in [0.1, 0.15) is 195 Å². The Labute approximate surface area is 368 Å². The Morgan fingerprint density at radius 1 is 0.839 bits per heavy atom. The molecule has 0 saturated carbocycles. The lowest BCUT2D eigenvalue weighted by molar-refractivity contribution is -0.143. The molecule has 2 aliphatic heterocycles. The van der Waals surface area contributed by atoms with Crippen molar-refractivity contribution in [2.24, 2.45) is 11.8 Å². The van der Waals surface area contributed by atoms with Crippen molar-refractivity contribution in [1.82, 2.24) is 19.9 Å². The number of hydrogen-bond acceptors (Lipinski definition) is 8. The van der Waals surface area contributed by atoms with Gasteiger partial charge in [0.05, 0.1) is 29.6 Å². The molecular weight excluding hydrogens is 777 g/mol. The van der Waals surface area contributed by atoms with Gasteiger partial charge < -0.3 is 29.7 Å². The molecule has 4 N–H and O–H groups in total. The number of carbonyl (C=O) groups excluding carboxylic acids is 2. The molecule has 62 heavy (non-hydrogen) atoms. The molecule has 0 unspecified atom stereocenters. The second-order valence-electron chi connectivity index (χ2n) is 18.8. The number of esters is 2. The Balaban J connectivity index is 1.33. The normalized spacial score (nSPS) is 21.2. The number of rotatable bonds is 17. The van der Waals surface area contributed by atoms with E-state index in [1.807, 2.05) is 32.1 Å². The second kappa shape index (κ2) is 20.1. The maximum Gasteiger partial charge on any atom is 0.321 e. The van der Waals surface area contributed by atoms with Crippen LogP contribution in [-0.4, -0.2) is 55.8 Å². The van der Waals surface area contributed by atoms with Gasteiger partial charge in [0.25, 0.3) is 0 Å². The van der Waals surface area contributed by atoms with E-state index >= 15 is 0 Å². The van der Waals surface area contributed by atoms with Gasteiger partial charge in [0, 0.05) is 74.2 Å². The SMILES string of the molecule is CCC[C@@H](C)CCC[C@@H](C)CCC/C(C)=C/COC(=O)CC[C@@H]1c2nc(cc3[nH]c(cc4nc(cc5[nH]c6c2[C@@H](C(=O)OC)C(O)=c6c5C)[C@H](CC)[C@H]4C)/c(=C(/C)O)c3C)[C@H]1C. The van der Waals surface area contributed by atoms with E-state index in [0.29, 0.717) is 28.4 Å². The summed E-state index contributed by atoms with van der Waals surface area (Å²) in [5.74, 6) is -0.480. The number of aryl methyl sites for hydroxylation is 2. The maximum atomic E-state index is 13.6. The van der Waals surface area contributed by atoms with Gasteiger partial charge >= 0.3 is 11.9 Å². The number of aliphatic hydroxyl groups excluding tert-OH is 2. The highest BCUT2D eigenvalue weighted by Gasteiger charge is 2.41. The van der Waals surface area contributed by atoms with Crippen molar-refractivity contribution >= 4 is 45.5 Å². The molecule has 7 atom stereocenters. The minimum atomic E-state index is -1.09. The fourth-order valence-electron chi connectivity index (χ4n) is 10.4. The number of aliphatic hydroxyl groups is 2. The molecule has 10 heteroatoms. The number of aromatic nitrogens is 4. The van der Waals surface area contributed by atoms with E-state index in [1.54, 1.807) is 6.92 Å². The molecule has 5 heterocycles. The Bertz CT molecular complexity index is 2470. The molecule has 1 aliphatic carbocycles. The number of fused-ring (bicyclic) bond motifs is 8. The monoisotopic (exact) mass is 849 g/mol. The zero-order valence-corrected chi connectivity index (χ0v) is 39.3. The third kappa shape index (κ3) is 9.69. The predicted molar refractivity (Wildman–Crippen MR) is 250 cm³/mol. The van der Waals surface area contributed by atoms with Gasteiger partial charge in [0.2, 0.25) is 0 Å². The van der Waals surface area contributed by atoms with Gasteiger partial charge in [-0.2, -0.15) is 0 Å². The topological polar surface area (TPSA) is 150 Å². The van der Waals surface area contributed by atoms with Gasteiger partial charge in [-0.3, -0.25) is 19.6 Å². The number of ether oxygens (including phenoxy) is 2. The minimum absolute atomic E-state index is 0.0752. The number of methoxy groups -OCH3 is 1. The lowest BCUT2D eigenvalue weighted by Gasteiger charge is -2.19. The molecule has 6 rings (SSSR count). The highest BCUT2D eigenvalue weighted by Crippen LogP contribution is 2.46. The lowest BCUT2D eigenvalue weighted by atomic mass is 9.84. The number of hydrogen-bond donors (Lipinski definition) is 4. The third-order valence-electron chi connectivity index (χ3n) is 14.2.